The van der Waals surface area contributed by atoms with Crippen LogP contribution in [0.5, 0.6) is 0 Å². The molecular weight excluding hydrogens is 1400 g/mol. The molecule has 0 heterocycles. The molecule has 0 aromatic carbocycles. The molecule has 102 heavy (non-hydrogen) atoms. The molecule has 45 heteroatoms. The molecule has 0 spiro atoms. The second kappa shape index (κ2) is 82.7. The van der Waals surface area contributed by atoms with Crippen molar-refractivity contribution in [2.75, 3.05) is 159 Å². The minimum Gasteiger partial charge on any atom is -0.481 e. The lowest BCUT2D eigenvalue weighted by molar-refractivity contribution is -0.155. The van der Waals surface area contributed by atoms with Crippen LogP contribution in [0.2, 0.25) is 0 Å². The van der Waals surface area contributed by atoms with Crippen molar-refractivity contribution in [3.8, 4) is 0 Å². The smallest absolute Gasteiger partial charge is 0.332 e. The van der Waals surface area contributed by atoms with Gasteiger partial charge in [0, 0.05) is 39.1 Å². The van der Waals surface area contributed by atoms with E-state index in [2.05, 4.69) is 37.9 Å². The SMILES string of the molecule is CC(CCCC(=O)O)COCCOCC(=O)O.CC(OCC(=O)O)C(=O)O.CC(OCCCCCC(=O)O)C(=O)O.O=C(O)CCCCCOCC(=O)O.O=C(O)COCC(=O)O.O=C(O)COCCOCC(=O)O.O=C(O)COCCOCC(=O)O.O=C(O)COCCOCCOCC(=O)O. The molecule has 0 rings (SSSR count). The first-order valence-corrected chi connectivity index (χ1v) is 29.8. The fourth-order valence-corrected chi connectivity index (χ4v) is 4.97. The van der Waals surface area contributed by atoms with Gasteiger partial charge in [-0.15, -0.1) is 0 Å². The van der Waals surface area contributed by atoms with Crippen molar-refractivity contribution in [2.24, 2.45) is 5.92 Å². The van der Waals surface area contributed by atoms with E-state index in [0.717, 1.165) is 19.3 Å². The van der Waals surface area contributed by atoms with Crippen LogP contribution in [-0.2, 0) is 138 Å². The van der Waals surface area contributed by atoms with Crippen LogP contribution in [-0.4, -0.2) is 348 Å². The maximum atomic E-state index is 10.3. The van der Waals surface area contributed by atoms with E-state index >= 15 is 0 Å². The van der Waals surface area contributed by atoms with Crippen LogP contribution in [0.15, 0.2) is 0 Å². The highest BCUT2D eigenvalue weighted by atomic mass is 16.6. The van der Waals surface area contributed by atoms with Gasteiger partial charge in [0.1, 0.15) is 72.7 Å². The number of carboxylic acids is 16. The summed E-state index contributed by atoms with van der Waals surface area (Å²) in [4.78, 5) is 159. The fraction of sp³-hybridized carbons (Fsp3) is 0.719. The topological polar surface area (TPSA) is 717 Å². The summed E-state index contributed by atoms with van der Waals surface area (Å²) in [6, 6.07) is 0. The molecule has 0 aliphatic carbocycles. The van der Waals surface area contributed by atoms with Gasteiger partial charge in [-0.2, -0.15) is 0 Å². The molecule has 0 saturated heterocycles. The van der Waals surface area contributed by atoms with Gasteiger partial charge in [-0.3, -0.25) is 14.4 Å². The van der Waals surface area contributed by atoms with Crippen molar-refractivity contribution in [3.63, 3.8) is 0 Å². The first kappa shape index (κ1) is 109. The van der Waals surface area contributed by atoms with Crippen molar-refractivity contribution in [1.82, 2.24) is 0 Å². The number of carbonyl (C=O) groups is 16. The molecule has 596 valence electrons. The number of rotatable bonds is 59. The molecule has 0 aliphatic heterocycles. The van der Waals surface area contributed by atoms with Crippen LogP contribution in [0.4, 0.5) is 0 Å². The summed E-state index contributed by atoms with van der Waals surface area (Å²) < 4.78 is 60.9. The van der Waals surface area contributed by atoms with Crippen LogP contribution in [0, 0.1) is 5.92 Å². The molecule has 3 atom stereocenters. The van der Waals surface area contributed by atoms with Crippen molar-refractivity contribution < 1.29 is 220 Å². The predicted octanol–water partition coefficient (Wildman–Crippen LogP) is -0.835. The molecule has 0 radical (unpaired) electrons. The Hall–Kier alpha value is -9.00. The van der Waals surface area contributed by atoms with E-state index < -0.39 is 154 Å². The van der Waals surface area contributed by atoms with Gasteiger partial charge in [-0.25, -0.2) is 62.3 Å². The molecular formula is C57H98O45. The maximum absolute atomic E-state index is 10.3. The molecule has 0 saturated carbocycles. The zero-order valence-corrected chi connectivity index (χ0v) is 56.5. The van der Waals surface area contributed by atoms with Gasteiger partial charge >= 0.3 is 95.5 Å². The second-order valence-electron chi connectivity index (χ2n) is 18.9. The summed E-state index contributed by atoms with van der Waals surface area (Å²) >= 11 is 0. The molecule has 0 amide bonds. The Morgan fingerprint density at radius 2 is 0.441 bits per heavy atom. The molecule has 16 N–H and O–H groups in total. The fourth-order valence-electron chi connectivity index (χ4n) is 4.97. The number of hydrogen-bond acceptors (Lipinski definition) is 29. The van der Waals surface area contributed by atoms with Crippen molar-refractivity contribution in [1.29, 1.82) is 0 Å². The minimum atomic E-state index is -1.17. The van der Waals surface area contributed by atoms with E-state index in [1.54, 1.807) is 0 Å². The lowest BCUT2D eigenvalue weighted by Crippen LogP contribution is -2.23. The average Bonchev–Trinajstić information content (AvgIpc) is 1.48. The Labute approximate surface area is 582 Å². The lowest BCUT2D eigenvalue weighted by Gasteiger charge is -2.11. The highest BCUT2D eigenvalue weighted by molar-refractivity contribution is 5.74. The van der Waals surface area contributed by atoms with Gasteiger partial charge < -0.3 is 143 Å². The number of hydrogen-bond donors (Lipinski definition) is 16. The maximum Gasteiger partial charge on any atom is 0.332 e. The van der Waals surface area contributed by atoms with E-state index in [9.17, 15) is 76.7 Å². The highest BCUT2D eigenvalue weighted by Crippen LogP contribution is 2.08. The van der Waals surface area contributed by atoms with Crippen molar-refractivity contribution in [3.05, 3.63) is 0 Å². The Morgan fingerprint density at radius 1 is 0.216 bits per heavy atom. The van der Waals surface area contributed by atoms with Gasteiger partial charge in [0.25, 0.3) is 0 Å². The lowest BCUT2D eigenvalue weighted by atomic mass is 10.1. The van der Waals surface area contributed by atoms with Crippen LogP contribution in [0.3, 0.4) is 0 Å². The number of ether oxygens (including phenoxy) is 13. The van der Waals surface area contributed by atoms with E-state index in [0.29, 0.717) is 64.4 Å². The number of carboxylic acid groups (broad SMARTS) is 16. The Kier molecular flexibility index (Phi) is 88.3. The first-order valence-electron chi connectivity index (χ1n) is 29.8. The van der Waals surface area contributed by atoms with Crippen molar-refractivity contribution >= 4 is 95.5 Å². The monoisotopic (exact) mass is 1500 g/mol. The Balaban J connectivity index is -0.000000166. The van der Waals surface area contributed by atoms with E-state index in [1.807, 2.05) is 6.92 Å². The zero-order chi connectivity index (χ0) is 79.9. The molecule has 0 bridgehead atoms. The van der Waals surface area contributed by atoms with Gasteiger partial charge in [-0.05, 0) is 58.3 Å². The van der Waals surface area contributed by atoms with Crippen LogP contribution in [0.25, 0.3) is 0 Å². The molecule has 3 unspecified atom stereocenters. The largest absolute Gasteiger partial charge is 0.481 e. The van der Waals surface area contributed by atoms with Gasteiger partial charge in [0.05, 0.1) is 66.1 Å². The van der Waals surface area contributed by atoms with Crippen molar-refractivity contribution in [2.45, 2.75) is 104 Å². The second-order valence-corrected chi connectivity index (χ2v) is 18.9. The normalized spacial score (nSPS) is 10.8. The molecule has 0 aromatic rings. The standard InChI is InChI=1S/C11H20O6.C9H16O5.C8H14O7.C8H14O5.2C6H10O6.C5H8O5.C4H6O5/c1-9(3-2-4-10(12)13)7-16-5-6-17-8-11(14)15;1-7(9(12)13)14-6-4-2-3-5-8(10)11;9-7(10)5-14-3-1-13-2-4-15-6-8(11)12;9-7(10)4-2-1-3-5-13-6-8(11)12;2*7-5(8)3-11-1-2-12-4-6(9)10;1-3(5(8)9)10-2-4(6)7;5-3(6)1-9-2-4(7)8/h9H,2-8H2,1H3,(H,12,13)(H,14,15);7H,2-6H2,1H3,(H,10,11)(H,12,13);1-6H2,(H,9,10)(H,11,12);1-6H2,(H,9,10)(H,11,12);2*1-4H2,(H,7,8)(H,9,10);3H,2H2,1H3,(H,6,7)(H,8,9);1-2H2,(H,5,6)(H,7,8). The summed E-state index contributed by atoms with van der Waals surface area (Å²) in [6.45, 7) is 3.28. The zero-order valence-electron chi connectivity index (χ0n) is 56.5. The summed E-state index contributed by atoms with van der Waals surface area (Å²) in [5, 5.41) is 131. The number of aliphatic carboxylic acids is 16. The summed E-state index contributed by atoms with van der Waals surface area (Å²) in [5.41, 5.74) is 0. The number of unbranched alkanes of at least 4 members (excludes halogenated alkanes) is 4. The van der Waals surface area contributed by atoms with Gasteiger partial charge in [-0.1, -0.05) is 19.8 Å². The van der Waals surface area contributed by atoms with Gasteiger partial charge in [0.2, 0.25) is 0 Å². The molecule has 0 aliphatic rings. The minimum absolute atomic E-state index is 0.0829. The Morgan fingerprint density at radius 3 is 0.706 bits per heavy atom. The third kappa shape index (κ3) is 135. The van der Waals surface area contributed by atoms with Crippen LogP contribution < -0.4 is 0 Å². The summed E-state index contributed by atoms with van der Waals surface area (Å²) in [5.74, 6) is -16.0. The van der Waals surface area contributed by atoms with E-state index in [4.69, 9.17) is 105 Å². The average molecular weight is 1500 g/mol. The molecule has 45 nitrogen and oxygen atoms in total. The highest BCUT2D eigenvalue weighted by Gasteiger charge is 2.13. The van der Waals surface area contributed by atoms with E-state index in [-0.39, 0.29) is 105 Å². The third-order valence-corrected chi connectivity index (χ3v) is 9.34. The van der Waals surface area contributed by atoms with Gasteiger partial charge in [0.15, 0.2) is 12.2 Å². The molecule has 0 aromatic heterocycles. The first-order chi connectivity index (χ1) is 47.7. The molecule has 0 fully saturated rings. The summed E-state index contributed by atoms with van der Waals surface area (Å²) in [6.07, 6.45) is 4.27. The van der Waals surface area contributed by atoms with E-state index in [1.165, 1.54) is 13.8 Å². The third-order valence-electron chi connectivity index (χ3n) is 9.34. The van der Waals surface area contributed by atoms with Crippen LogP contribution >= 0.6 is 0 Å². The predicted molar refractivity (Wildman–Crippen MR) is 332 cm³/mol. The Bertz CT molecular complexity index is 2130. The summed E-state index contributed by atoms with van der Waals surface area (Å²) in [7, 11) is 0. The van der Waals surface area contributed by atoms with Crippen LogP contribution in [0.1, 0.15) is 91.4 Å². The quantitative estimate of drug-likeness (QED) is 0.0330.